The Labute approximate surface area is 97.6 Å². The quantitative estimate of drug-likeness (QED) is 0.793. The first-order valence-electron chi connectivity index (χ1n) is 4.66. The van der Waals surface area contributed by atoms with Crippen LogP contribution in [0.1, 0.15) is 11.5 Å². The minimum Gasteiger partial charge on any atom is -0.496 e. The van der Waals surface area contributed by atoms with Gasteiger partial charge >= 0.3 is 6.03 Å². The van der Waals surface area contributed by atoms with Gasteiger partial charge in [-0.2, -0.15) is 0 Å². The number of amides is 2. The first-order chi connectivity index (χ1) is 7.70. The smallest absolute Gasteiger partial charge is 0.366 e. The fraction of sp³-hybridized carbons (Fsp3) is 0.182. The number of aliphatic imine (C=N–C) groups is 2. The summed E-state index contributed by atoms with van der Waals surface area (Å²) in [7, 11) is 1.58. The number of carbonyl (C=O) groups is 1. The summed E-state index contributed by atoms with van der Waals surface area (Å²) in [5, 5.41) is 0.606. The molecule has 1 aliphatic heterocycles. The zero-order chi connectivity index (χ0) is 11.5. The summed E-state index contributed by atoms with van der Waals surface area (Å²) in [6.07, 6.45) is 3.06. The van der Waals surface area contributed by atoms with Crippen molar-refractivity contribution in [3.63, 3.8) is 0 Å². The number of hydrogen-bond donors (Lipinski definition) is 0. The maximum atomic E-state index is 10.8. The lowest BCUT2D eigenvalue weighted by Gasteiger charge is -2.13. The van der Waals surface area contributed by atoms with Crippen molar-refractivity contribution >= 4 is 30.1 Å². The van der Waals surface area contributed by atoms with E-state index in [0.717, 1.165) is 5.56 Å². The molecule has 1 aromatic carbocycles. The van der Waals surface area contributed by atoms with E-state index in [1.54, 1.807) is 25.3 Å². The molecule has 2 rings (SSSR count). The van der Waals surface area contributed by atoms with Gasteiger partial charge in [0.25, 0.3) is 0 Å². The molecule has 0 saturated heterocycles. The Morgan fingerprint density at radius 2 is 2.00 bits per heavy atom. The van der Waals surface area contributed by atoms with Gasteiger partial charge in [-0.25, -0.2) is 14.8 Å². The molecule has 5 heteroatoms. The van der Waals surface area contributed by atoms with Crippen LogP contribution in [0.2, 0.25) is 5.02 Å². The number of rotatable bonds is 2. The monoisotopic (exact) mass is 236 g/mol. The highest BCUT2D eigenvalue weighted by Gasteiger charge is 2.16. The van der Waals surface area contributed by atoms with Crippen molar-refractivity contribution in [1.82, 2.24) is 0 Å². The van der Waals surface area contributed by atoms with E-state index in [2.05, 4.69) is 9.98 Å². The average molecular weight is 237 g/mol. The molecule has 0 bridgehead atoms. The van der Waals surface area contributed by atoms with Gasteiger partial charge in [0.05, 0.1) is 13.0 Å². The number of benzene rings is 1. The average Bonchev–Trinajstić information content (AvgIpc) is 2.30. The van der Waals surface area contributed by atoms with E-state index < -0.39 is 6.03 Å². The Kier molecular flexibility index (Phi) is 3.01. The highest BCUT2D eigenvalue weighted by Crippen LogP contribution is 2.28. The minimum absolute atomic E-state index is 0.175. The zero-order valence-corrected chi connectivity index (χ0v) is 9.31. The van der Waals surface area contributed by atoms with E-state index in [9.17, 15) is 4.79 Å². The Morgan fingerprint density at radius 1 is 1.31 bits per heavy atom. The van der Waals surface area contributed by atoms with Crippen molar-refractivity contribution < 1.29 is 9.53 Å². The summed E-state index contributed by atoms with van der Waals surface area (Å²) in [6, 6.07) is 4.80. The molecule has 0 saturated carbocycles. The lowest BCUT2D eigenvalue weighted by molar-refractivity contribution is 0.257. The van der Waals surface area contributed by atoms with Crippen molar-refractivity contribution in [3.8, 4) is 5.75 Å². The highest BCUT2D eigenvalue weighted by molar-refractivity contribution is 6.30. The van der Waals surface area contributed by atoms with Gasteiger partial charge in [-0.15, -0.1) is 0 Å². The largest absolute Gasteiger partial charge is 0.496 e. The maximum Gasteiger partial charge on any atom is 0.366 e. The summed E-state index contributed by atoms with van der Waals surface area (Å²) in [6.45, 7) is 0. The fourth-order valence-electron chi connectivity index (χ4n) is 1.49. The molecule has 0 radical (unpaired) electrons. The van der Waals surface area contributed by atoms with E-state index in [4.69, 9.17) is 16.3 Å². The zero-order valence-electron chi connectivity index (χ0n) is 8.55. The molecule has 0 spiro atoms. The van der Waals surface area contributed by atoms with Crippen LogP contribution >= 0.6 is 11.6 Å². The van der Waals surface area contributed by atoms with Gasteiger partial charge < -0.3 is 4.74 Å². The van der Waals surface area contributed by atoms with Gasteiger partial charge in [-0.05, 0) is 18.2 Å². The minimum atomic E-state index is -0.489. The van der Waals surface area contributed by atoms with Crippen molar-refractivity contribution in [2.45, 2.75) is 5.92 Å². The second-order valence-electron chi connectivity index (χ2n) is 3.25. The molecule has 82 valence electrons. The van der Waals surface area contributed by atoms with Crippen LogP contribution in [-0.2, 0) is 0 Å². The number of urea groups is 1. The van der Waals surface area contributed by atoms with Crippen LogP contribution in [0, 0.1) is 0 Å². The van der Waals surface area contributed by atoms with Crippen LogP contribution in [-0.4, -0.2) is 25.6 Å². The molecule has 0 aromatic heterocycles. The van der Waals surface area contributed by atoms with Crippen LogP contribution in [0.25, 0.3) is 0 Å². The van der Waals surface area contributed by atoms with Gasteiger partial charge in [0.15, 0.2) is 0 Å². The molecule has 0 unspecified atom stereocenters. The molecule has 0 atom stereocenters. The molecule has 0 aliphatic carbocycles. The third-order valence-corrected chi connectivity index (χ3v) is 2.48. The van der Waals surface area contributed by atoms with Crippen molar-refractivity contribution in [1.29, 1.82) is 0 Å². The van der Waals surface area contributed by atoms with Crippen LogP contribution in [0.4, 0.5) is 4.79 Å². The van der Waals surface area contributed by atoms with Gasteiger partial charge in [0.1, 0.15) is 5.75 Å². The second-order valence-corrected chi connectivity index (χ2v) is 3.69. The van der Waals surface area contributed by atoms with Crippen LogP contribution < -0.4 is 4.74 Å². The predicted octanol–water partition coefficient (Wildman–Crippen LogP) is 2.71. The molecule has 0 fully saturated rings. The van der Waals surface area contributed by atoms with Crippen LogP contribution in [0.15, 0.2) is 28.2 Å². The van der Waals surface area contributed by atoms with Gasteiger partial charge in [0.2, 0.25) is 0 Å². The van der Waals surface area contributed by atoms with E-state index in [-0.39, 0.29) is 5.92 Å². The summed E-state index contributed by atoms with van der Waals surface area (Å²) in [5.41, 5.74) is 0.843. The first kappa shape index (κ1) is 10.8. The van der Waals surface area contributed by atoms with Gasteiger partial charge in [-0.3, -0.25) is 0 Å². The summed E-state index contributed by atoms with van der Waals surface area (Å²) in [5.74, 6) is 0.521. The lowest BCUT2D eigenvalue weighted by atomic mass is 10.00. The summed E-state index contributed by atoms with van der Waals surface area (Å²) < 4.78 is 5.21. The van der Waals surface area contributed by atoms with Crippen LogP contribution in [0.3, 0.4) is 0 Å². The lowest BCUT2D eigenvalue weighted by Crippen LogP contribution is -2.10. The molecule has 1 aromatic rings. The van der Waals surface area contributed by atoms with Crippen molar-refractivity contribution in [3.05, 3.63) is 28.8 Å². The molecular formula is C11H9ClN2O2. The molecule has 0 N–H and O–H groups in total. The van der Waals surface area contributed by atoms with E-state index in [1.165, 1.54) is 12.4 Å². The van der Waals surface area contributed by atoms with Crippen molar-refractivity contribution in [2.24, 2.45) is 9.98 Å². The molecule has 4 nitrogen and oxygen atoms in total. The molecule has 16 heavy (non-hydrogen) atoms. The van der Waals surface area contributed by atoms with Gasteiger partial charge in [0, 0.05) is 23.0 Å². The normalized spacial score (nSPS) is 15.5. The summed E-state index contributed by atoms with van der Waals surface area (Å²) in [4.78, 5) is 18.1. The standard InChI is InChI=1S/C11H9ClN2O2/c1-16-10-3-2-8(12)4-9(10)7-5-13-11(15)14-6-7/h2-7H,1H3. The molecular weight excluding hydrogens is 228 g/mol. The third-order valence-electron chi connectivity index (χ3n) is 2.24. The van der Waals surface area contributed by atoms with Crippen LogP contribution in [0.5, 0.6) is 5.75 Å². The SMILES string of the molecule is COc1ccc(Cl)cc1C1C=NC(=O)N=C1. The Morgan fingerprint density at radius 3 is 2.62 bits per heavy atom. The Bertz CT molecular complexity index is 467. The molecule has 2 amide bonds. The number of hydrogen-bond acceptors (Lipinski definition) is 2. The number of halogens is 1. The fourth-order valence-corrected chi connectivity index (χ4v) is 1.67. The number of ether oxygens (including phenoxy) is 1. The highest BCUT2D eigenvalue weighted by atomic mass is 35.5. The maximum absolute atomic E-state index is 10.8. The Hall–Kier alpha value is -1.68. The molecule has 1 heterocycles. The number of nitrogens with zero attached hydrogens (tertiary/aromatic N) is 2. The van der Waals surface area contributed by atoms with E-state index in [1.807, 2.05) is 0 Å². The van der Waals surface area contributed by atoms with Crippen molar-refractivity contribution in [2.75, 3.05) is 7.11 Å². The second kappa shape index (κ2) is 4.45. The topological polar surface area (TPSA) is 51.0 Å². The first-order valence-corrected chi connectivity index (χ1v) is 5.04. The third kappa shape index (κ3) is 2.12. The van der Waals surface area contributed by atoms with Gasteiger partial charge in [-0.1, -0.05) is 11.6 Å². The van der Waals surface area contributed by atoms with E-state index in [0.29, 0.717) is 10.8 Å². The molecule has 1 aliphatic rings. The number of carbonyl (C=O) groups excluding carboxylic acids is 1. The predicted molar refractivity (Wildman–Crippen MR) is 63.1 cm³/mol. The Balaban J connectivity index is 2.39. The number of methoxy groups -OCH3 is 1. The summed E-state index contributed by atoms with van der Waals surface area (Å²) >= 11 is 5.91. The van der Waals surface area contributed by atoms with E-state index >= 15 is 0 Å².